The minimum Gasteiger partial charge on any atom is -0.264 e. The molecule has 0 spiro atoms. The first-order valence-corrected chi connectivity index (χ1v) is 3.59. The molecule has 52 valence electrons. The molecule has 2 heteroatoms. The van der Waals surface area contributed by atoms with Gasteiger partial charge in [0.25, 0.3) is 0 Å². The predicted molar refractivity (Wildman–Crippen MR) is 44.0 cm³/mol. The molecule has 0 unspecified atom stereocenters. The Hall–Kier alpha value is -0.820. The van der Waals surface area contributed by atoms with Gasteiger partial charge in [0.2, 0.25) is 0 Å². The number of rotatable bonds is 2. The summed E-state index contributed by atoms with van der Waals surface area (Å²) in [5.41, 5.74) is 1.09. The Morgan fingerprint density at radius 1 is 1.60 bits per heavy atom. The Bertz CT molecular complexity index is 206. The Morgan fingerprint density at radius 2 is 2.50 bits per heavy atom. The largest absolute Gasteiger partial charge is 0.264 e. The van der Waals surface area contributed by atoms with E-state index < -0.39 is 0 Å². The summed E-state index contributed by atoms with van der Waals surface area (Å²) in [5, 5.41) is 0. The van der Waals surface area contributed by atoms with Crippen molar-refractivity contribution in [3.05, 3.63) is 36.2 Å². The van der Waals surface area contributed by atoms with Gasteiger partial charge < -0.3 is 0 Å². The summed E-state index contributed by atoms with van der Waals surface area (Å²) in [7, 11) is 0. The lowest BCUT2D eigenvalue weighted by molar-refractivity contribution is 1.32. The maximum Gasteiger partial charge on any atom is 0.0407 e. The van der Waals surface area contributed by atoms with E-state index in [1.165, 1.54) is 0 Å². The average Bonchev–Trinajstić information content (AvgIpc) is 2.03. The first-order chi connectivity index (χ1) is 4.93. The van der Waals surface area contributed by atoms with Gasteiger partial charge in [0, 0.05) is 18.3 Å². The normalized spacial score (nSPS) is 10.5. The van der Waals surface area contributed by atoms with Gasteiger partial charge in [-0.2, -0.15) is 0 Å². The van der Waals surface area contributed by atoms with Crippen molar-refractivity contribution in [1.29, 1.82) is 0 Å². The van der Waals surface area contributed by atoms with Gasteiger partial charge in [0.05, 0.1) is 0 Å². The number of halogens is 1. The van der Waals surface area contributed by atoms with Crippen LogP contribution in [0.15, 0.2) is 30.6 Å². The molecule has 0 aliphatic heterocycles. The maximum absolute atomic E-state index is 5.44. The van der Waals surface area contributed by atoms with E-state index in [0.29, 0.717) is 5.88 Å². The Morgan fingerprint density at radius 3 is 3.10 bits per heavy atom. The first-order valence-electron chi connectivity index (χ1n) is 3.06. The van der Waals surface area contributed by atoms with E-state index in [9.17, 15) is 0 Å². The van der Waals surface area contributed by atoms with Crippen molar-refractivity contribution >= 4 is 17.7 Å². The minimum atomic E-state index is 0.550. The summed E-state index contributed by atoms with van der Waals surface area (Å²) >= 11 is 5.44. The van der Waals surface area contributed by atoms with Crippen molar-refractivity contribution in [3.63, 3.8) is 0 Å². The smallest absolute Gasteiger partial charge is 0.0407 e. The minimum absolute atomic E-state index is 0.550. The highest BCUT2D eigenvalue weighted by Gasteiger charge is 1.80. The monoisotopic (exact) mass is 153 g/mol. The van der Waals surface area contributed by atoms with Crippen molar-refractivity contribution in [2.75, 3.05) is 5.88 Å². The zero-order chi connectivity index (χ0) is 7.23. The van der Waals surface area contributed by atoms with Crippen LogP contribution in [-0.4, -0.2) is 10.9 Å². The standard InChI is InChI=1S/C8H8ClN/c9-5-1-3-8-4-2-6-10-7-8/h1-4,6-7H,5H2/b3-1+. The fourth-order valence-corrected chi connectivity index (χ4v) is 0.744. The lowest BCUT2D eigenvalue weighted by Crippen LogP contribution is -1.72. The zero-order valence-corrected chi connectivity index (χ0v) is 6.25. The van der Waals surface area contributed by atoms with Gasteiger partial charge in [-0.25, -0.2) is 0 Å². The van der Waals surface area contributed by atoms with Gasteiger partial charge in [-0.05, 0) is 11.6 Å². The molecule has 0 bridgehead atoms. The van der Waals surface area contributed by atoms with Gasteiger partial charge >= 0.3 is 0 Å². The van der Waals surface area contributed by atoms with Gasteiger partial charge in [-0.3, -0.25) is 4.98 Å². The Labute approximate surface area is 65.4 Å². The number of aromatic nitrogens is 1. The van der Waals surface area contributed by atoms with E-state index in [4.69, 9.17) is 11.6 Å². The van der Waals surface area contributed by atoms with E-state index in [2.05, 4.69) is 4.98 Å². The molecule has 0 aromatic carbocycles. The molecule has 0 N–H and O–H groups in total. The van der Waals surface area contributed by atoms with Crippen LogP contribution in [-0.2, 0) is 0 Å². The van der Waals surface area contributed by atoms with E-state index in [1.807, 2.05) is 24.3 Å². The summed E-state index contributed by atoms with van der Waals surface area (Å²) in [6, 6.07) is 3.88. The second kappa shape index (κ2) is 4.07. The third-order valence-electron chi connectivity index (χ3n) is 1.08. The number of pyridine rings is 1. The molecule has 1 nitrogen and oxygen atoms in total. The van der Waals surface area contributed by atoms with E-state index in [1.54, 1.807) is 12.4 Å². The molecule has 0 saturated carbocycles. The summed E-state index contributed by atoms with van der Waals surface area (Å²) in [6.07, 6.45) is 7.37. The van der Waals surface area contributed by atoms with Crippen LogP contribution in [0, 0.1) is 0 Å². The van der Waals surface area contributed by atoms with Crippen LogP contribution < -0.4 is 0 Å². The topological polar surface area (TPSA) is 12.9 Å². The lowest BCUT2D eigenvalue weighted by atomic mass is 10.3. The van der Waals surface area contributed by atoms with Gasteiger partial charge in [0.1, 0.15) is 0 Å². The van der Waals surface area contributed by atoms with Crippen molar-refractivity contribution < 1.29 is 0 Å². The number of allylic oxidation sites excluding steroid dienone is 1. The van der Waals surface area contributed by atoms with Gasteiger partial charge in [-0.1, -0.05) is 18.2 Å². The molecule has 1 rings (SSSR count). The molecule has 1 heterocycles. The Balaban J connectivity index is 2.67. The number of nitrogens with zero attached hydrogens (tertiary/aromatic N) is 1. The van der Waals surface area contributed by atoms with E-state index in [0.717, 1.165) is 5.56 Å². The number of hydrogen-bond acceptors (Lipinski definition) is 1. The SMILES string of the molecule is ClC/C=C/c1cccnc1. The molecule has 0 atom stereocenters. The molecule has 0 aliphatic rings. The van der Waals surface area contributed by atoms with E-state index >= 15 is 0 Å². The molecular weight excluding hydrogens is 146 g/mol. The van der Waals surface area contributed by atoms with Crippen molar-refractivity contribution in [3.8, 4) is 0 Å². The average molecular weight is 154 g/mol. The summed E-state index contributed by atoms with van der Waals surface area (Å²) < 4.78 is 0. The van der Waals surface area contributed by atoms with Gasteiger partial charge in [-0.15, -0.1) is 11.6 Å². The second-order valence-electron chi connectivity index (χ2n) is 1.84. The molecule has 0 radical (unpaired) electrons. The number of alkyl halides is 1. The first kappa shape index (κ1) is 7.29. The highest BCUT2D eigenvalue weighted by Crippen LogP contribution is 1.97. The summed E-state index contributed by atoms with van der Waals surface area (Å²) in [4.78, 5) is 3.94. The molecule has 0 amide bonds. The van der Waals surface area contributed by atoms with Crippen LogP contribution >= 0.6 is 11.6 Å². The third kappa shape index (κ3) is 2.19. The van der Waals surface area contributed by atoms with Crippen LogP contribution in [0.5, 0.6) is 0 Å². The highest BCUT2D eigenvalue weighted by atomic mass is 35.5. The fourth-order valence-electron chi connectivity index (χ4n) is 0.655. The summed E-state index contributed by atoms with van der Waals surface area (Å²) in [5.74, 6) is 0.550. The maximum atomic E-state index is 5.44. The molecule has 10 heavy (non-hydrogen) atoms. The summed E-state index contributed by atoms with van der Waals surface area (Å²) in [6.45, 7) is 0. The van der Waals surface area contributed by atoms with Crippen LogP contribution in [0.25, 0.3) is 6.08 Å². The predicted octanol–water partition coefficient (Wildman–Crippen LogP) is 2.33. The van der Waals surface area contributed by atoms with Crippen molar-refractivity contribution in [2.45, 2.75) is 0 Å². The van der Waals surface area contributed by atoms with Crippen LogP contribution in [0.1, 0.15) is 5.56 Å². The van der Waals surface area contributed by atoms with Crippen molar-refractivity contribution in [2.24, 2.45) is 0 Å². The van der Waals surface area contributed by atoms with Crippen LogP contribution in [0.2, 0.25) is 0 Å². The molecule has 0 fully saturated rings. The molecule has 1 aromatic heterocycles. The zero-order valence-electron chi connectivity index (χ0n) is 5.50. The fraction of sp³-hybridized carbons (Fsp3) is 0.125. The molecule has 0 saturated heterocycles. The molecule has 0 aliphatic carbocycles. The van der Waals surface area contributed by atoms with Gasteiger partial charge in [0.15, 0.2) is 0 Å². The lowest BCUT2D eigenvalue weighted by Gasteiger charge is -1.87. The molecule has 1 aromatic rings. The molecular formula is C8H8ClN. The van der Waals surface area contributed by atoms with E-state index in [-0.39, 0.29) is 0 Å². The van der Waals surface area contributed by atoms with Crippen LogP contribution in [0.4, 0.5) is 0 Å². The van der Waals surface area contributed by atoms with Crippen LogP contribution in [0.3, 0.4) is 0 Å². The third-order valence-corrected chi connectivity index (χ3v) is 1.26. The number of hydrogen-bond donors (Lipinski definition) is 0. The van der Waals surface area contributed by atoms with Crippen molar-refractivity contribution in [1.82, 2.24) is 4.98 Å². The second-order valence-corrected chi connectivity index (χ2v) is 2.15. The quantitative estimate of drug-likeness (QED) is 0.595. The highest BCUT2D eigenvalue weighted by molar-refractivity contribution is 6.19. The Kier molecular flexibility index (Phi) is 2.97.